The van der Waals surface area contributed by atoms with Crippen molar-refractivity contribution < 1.29 is 25.2 Å². The summed E-state index contributed by atoms with van der Waals surface area (Å²) in [5.74, 6) is 0. The topological polar surface area (TPSA) is 145 Å². The summed E-state index contributed by atoms with van der Waals surface area (Å²) in [6.45, 7) is -0.665. The highest BCUT2D eigenvalue weighted by Crippen LogP contribution is 2.29. The number of hydrogen-bond donors (Lipinski definition) is 5. The van der Waals surface area contributed by atoms with Gasteiger partial charge in [0.1, 0.15) is 24.4 Å². The molecule has 0 radical (unpaired) electrons. The Morgan fingerprint density at radius 1 is 1.37 bits per heavy atom. The zero-order chi connectivity index (χ0) is 14.2. The lowest BCUT2D eigenvalue weighted by Crippen LogP contribution is -2.40. The van der Waals surface area contributed by atoms with Gasteiger partial charge in [-0.1, -0.05) is 0 Å². The van der Waals surface area contributed by atoms with E-state index in [0.717, 1.165) is 16.8 Å². The molecule has 106 valence electrons. The molecule has 5 N–H and O–H groups in total. The van der Waals surface area contributed by atoms with Gasteiger partial charge in [0.05, 0.1) is 6.61 Å². The maximum Gasteiger partial charge on any atom is 0.330 e. The quantitative estimate of drug-likeness (QED) is 0.384. The molecule has 9 heteroatoms. The molecule has 1 aliphatic heterocycles. The average molecular weight is 274 g/mol. The van der Waals surface area contributed by atoms with E-state index >= 15 is 0 Å². The van der Waals surface area contributed by atoms with Crippen LogP contribution in [0.4, 0.5) is 0 Å². The first kappa shape index (κ1) is 13.9. The Balaban J connectivity index is 2.31. The third kappa shape index (κ3) is 2.46. The Morgan fingerprint density at radius 3 is 2.63 bits per heavy atom. The highest BCUT2D eigenvalue weighted by Gasteiger charge is 2.46. The van der Waals surface area contributed by atoms with E-state index in [1.54, 1.807) is 0 Å². The fourth-order valence-corrected chi connectivity index (χ4v) is 1.97. The molecule has 1 saturated heterocycles. The van der Waals surface area contributed by atoms with Gasteiger partial charge in [0.2, 0.25) is 0 Å². The van der Waals surface area contributed by atoms with Crippen molar-refractivity contribution in [3.05, 3.63) is 33.1 Å². The largest absolute Gasteiger partial charge is 0.394 e. The van der Waals surface area contributed by atoms with Crippen molar-refractivity contribution in [3.8, 4) is 0 Å². The smallest absolute Gasteiger partial charge is 0.330 e. The second kappa shape index (κ2) is 5.23. The molecule has 0 aliphatic carbocycles. The first-order chi connectivity index (χ1) is 8.95. The van der Waals surface area contributed by atoms with Gasteiger partial charge in [0.15, 0.2) is 6.23 Å². The SMILES string of the molecule is O=c1ccn([C@@H]2O[C@@H](C(O)CO)[C@H](O)C2O)c(=O)[nH]1. The van der Waals surface area contributed by atoms with Crippen LogP contribution in [0.2, 0.25) is 0 Å². The fraction of sp³-hybridized carbons (Fsp3) is 0.600. The molecule has 1 aromatic heterocycles. The van der Waals surface area contributed by atoms with Gasteiger partial charge < -0.3 is 25.2 Å². The van der Waals surface area contributed by atoms with Gasteiger partial charge in [-0.3, -0.25) is 14.3 Å². The molecule has 9 nitrogen and oxygen atoms in total. The van der Waals surface area contributed by atoms with Crippen molar-refractivity contribution in [3.63, 3.8) is 0 Å². The van der Waals surface area contributed by atoms with Gasteiger partial charge in [-0.2, -0.15) is 0 Å². The van der Waals surface area contributed by atoms with Gasteiger partial charge in [-0.15, -0.1) is 0 Å². The predicted octanol–water partition coefficient (Wildman–Crippen LogP) is -3.49. The van der Waals surface area contributed by atoms with E-state index in [0.29, 0.717) is 0 Å². The lowest BCUT2D eigenvalue weighted by Gasteiger charge is -2.18. The van der Waals surface area contributed by atoms with E-state index in [1.807, 2.05) is 4.98 Å². The zero-order valence-corrected chi connectivity index (χ0v) is 9.71. The molecular formula is C10H14N2O7. The van der Waals surface area contributed by atoms with E-state index in [4.69, 9.17) is 9.84 Å². The summed E-state index contributed by atoms with van der Waals surface area (Å²) in [4.78, 5) is 24.5. The molecule has 0 saturated carbocycles. The number of aromatic amines is 1. The molecule has 2 rings (SSSR count). The van der Waals surface area contributed by atoms with E-state index in [1.165, 1.54) is 0 Å². The Hall–Kier alpha value is -1.52. The minimum absolute atomic E-state index is 0.610. The van der Waals surface area contributed by atoms with Gasteiger partial charge in [0.25, 0.3) is 5.56 Å². The third-order valence-electron chi connectivity index (χ3n) is 2.97. The minimum atomic E-state index is -1.48. The Morgan fingerprint density at radius 2 is 2.05 bits per heavy atom. The average Bonchev–Trinajstić information content (AvgIpc) is 2.66. The zero-order valence-electron chi connectivity index (χ0n) is 9.71. The van der Waals surface area contributed by atoms with Gasteiger partial charge in [-0.25, -0.2) is 4.79 Å². The second-order valence-corrected chi connectivity index (χ2v) is 4.24. The van der Waals surface area contributed by atoms with Crippen LogP contribution in [0.25, 0.3) is 0 Å². The number of aromatic nitrogens is 2. The monoisotopic (exact) mass is 274 g/mol. The number of H-pyrrole nitrogens is 1. The van der Waals surface area contributed by atoms with Crippen LogP contribution in [-0.4, -0.2) is 61.0 Å². The highest BCUT2D eigenvalue weighted by molar-refractivity contribution is 4.95. The number of rotatable bonds is 3. The minimum Gasteiger partial charge on any atom is -0.394 e. The van der Waals surface area contributed by atoms with Crippen LogP contribution in [0, 0.1) is 0 Å². The number of aliphatic hydroxyl groups excluding tert-OH is 4. The Labute approximate surface area is 106 Å². The number of nitrogens with zero attached hydrogens (tertiary/aromatic N) is 1. The van der Waals surface area contributed by atoms with Crippen LogP contribution in [0.3, 0.4) is 0 Å². The van der Waals surface area contributed by atoms with E-state index in [9.17, 15) is 24.9 Å². The van der Waals surface area contributed by atoms with E-state index in [2.05, 4.69) is 0 Å². The lowest BCUT2D eigenvalue weighted by molar-refractivity contribution is -0.0982. The van der Waals surface area contributed by atoms with Crippen molar-refractivity contribution in [1.29, 1.82) is 0 Å². The number of aliphatic hydroxyl groups is 4. The van der Waals surface area contributed by atoms with Gasteiger partial charge in [-0.05, 0) is 0 Å². The molecule has 1 aromatic rings. The van der Waals surface area contributed by atoms with Crippen LogP contribution in [0.1, 0.15) is 6.23 Å². The summed E-state index contributed by atoms with van der Waals surface area (Å²) in [6.07, 6.45) is -5.72. The maximum atomic E-state index is 11.5. The van der Waals surface area contributed by atoms with Crippen molar-refractivity contribution in [2.24, 2.45) is 0 Å². The third-order valence-corrected chi connectivity index (χ3v) is 2.97. The summed E-state index contributed by atoms with van der Waals surface area (Å²) in [7, 11) is 0. The molecule has 19 heavy (non-hydrogen) atoms. The molecule has 2 unspecified atom stereocenters. The number of ether oxygens (including phenoxy) is 1. The van der Waals surface area contributed by atoms with E-state index < -0.39 is 48.5 Å². The maximum absolute atomic E-state index is 11.5. The van der Waals surface area contributed by atoms with Gasteiger partial charge >= 0.3 is 5.69 Å². The van der Waals surface area contributed by atoms with E-state index in [-0.39, 0.29) is 0 Å². The molecular weight excluding hydrogens is 260 g/mol. The summed E-state index contributed by atoms with van der Waals surface area (Å²) < 4.78 is 6.06. The Kier molecular flexibility index (Phi) is 3.83. The lowest BCUT2D eigenvalue weighted by atomic mass is 10.1. The van der Waals surface area contributed by atoms with Gasteiger partial charge in [0, 0.05) is 12.3 Å². The molecule has 0 bridgehead atoms. The Bertz CT molecular complexity index is 553. The number of nitrogens with one attached hydrogen (secondary N) is 1. The second-order valence-electron chi connectivity index (χ2n) is 4.24. The summed E-state index contributed by atoms with van der Waals surface area (Å²) >= 11 is 0. The normalized spacial score (nSPS) is 32.4. The predicted molar refractivity (Wildman–Crippen MR) is 60.3 cm³/mol. The van der Waals surface area contributed by atoms with Crippen LogP contribution in [-0.2, 0) is 4.74 Å². The molecule has 1 aliphatic rings. The standard InChI is InChI=1S/C10H14N2O7/c13-3-4(14)8-6(16)7(17)9(19-8)12-2-1-5(15)11-10(12)18/h1-2,4,6-9,13-14,16-17H,3H2,(H,11,15,18)/t4?,6-,7?,8+,9-/m1/s1. The van der Waals surface area contributed by atoms with Crippen LogP contribution in [0.5, 0.6) is 0 Å². The first-order valence-corrected chi connectivity index (χ1v) is 5.57. The summed E-state index contributed by atoms with van der Waals surface area (Å²) in [6, 6.07) is 1.06. The molecule has 0 spiro atoms. The molecule has 5 atom stereocenters. The number of hydrogen-bond acceptors (Lipinski definition) is 7. The first-order valence-electron chi connectivity index (χ1n) is 5.57. The molecule has 0 aromatic carbocycles. The van der Waals surface area contributed by atoms with Crippen LogP contribution in [0.15, 0.2) is 21.9 Å². The highest BCUT2D eigenvalue weighted by atomic mass is 16.6. The fourth-order valence-electron chi connectivity index (χ4n) is 1.97. The summed E-state index contributed by atoms with van der Waals surface area (Å²) in [5.41, 5.74) is -1.43. The van der Waals surface area contributed by atoms with Crippen molar-refractivity contribution in [1.82, 2.24) is 9.55 Å². The molecule has 0 amide bonds. The molecule has 1 fully saturated rings. The van der Waals surface area contributed by atoms with Crippen LogP contribution >= 0.6 is 0 Å². The van der Waals surface area contributed by atoms with Crippen LogP contribution < -0.4 is 11.2 Å². The molecule has 2 heterocycles. The summed E-state index contributed by atoms with van der Waals surface area (Å²) in [5, 5.41) is 37.7. The van der Waals surface area contributed by atoms with Crippen molar-refractivity contribution in [2.75, 3.05) is 6.61 Å². The van der Waals surface area contributed by atoms with Crippen molar-refractivity contribution >= 4 is 0 Å². The van der Waals surface area contributed by atoms with Crippen molar-refractivity contribution in [2.45, 2.75) is 30.6 Å².